The highest BCUT2D eigenvalue weighted by Gasteiger charge is 2.27. The van der Waals surface area contributed by atoms with Gasteiger partial charge in [0.15, 0.2) is 0 Å². The van der Waals surface area contributed by atoms with Crippen LogP contribution in [0.4, 0.5) is 0 Å². The zero-order chi connectivity index (χ0) is 13.7. The first-order valence-corrected chi connectivity index (χ1v) is 6.98. The molecule has 0 unspecified atom stereocenters. The second-order valence-corrected chi connectivity index (χ2v) is 5.40. The third kappa shape index (κ3) is 4.82. The summed E-state index contributed by atoms with van der Waals surface area (Å²) >= 11 is 0. The Balaban J connectivity index is 1.73. The molecule has 0 bridgehead atoms. The van der Waals surface area contributed by atoms with Crippen LogP contribution in [0, 0.1) is 0 Å². The van der Waals surface area contributed by atoms with Crippen molar-refractivity contribution in [3.8, 4) is 5.75 Å². The molecule has 0 aromatic heterocycles. The minimum Gasteiger partial charge on any atom is -0.491 e. The number of benzene rings is 1. The van der Waals surface area contributed by atoms with Crippen LogP contribution < -0.4 is 9.64 Å². The maximum atomic E-state index is 10.0. The molecule has 0 amide bonds. The van der Waals surface area contributed by atoms with E-state index in [1.165, 1.54) is 4.90 Å². The maximum absolute atomic E-state index is 10.0. The summed E-state index contributed by atoms with van der Waals surface area (Å²) in [5, 5.41) is 10.0. The van der Waals surface area contributed by atoms with Crippen molar-refractivity contribution in [3.63, 3.8) is 0 Å². The molecule has 1 aliphatic rings. The molecule has 1 aromatic rings. The van der Waals surface area contributed by atoms with Gasteiger partial charge in [0.2, 0.25) is 0 Å². The molecule has 3 atom stereocenters. The average molecular weight is 266 g/mol. The second-order valence-electron chi connectivity index (χ2n) is 5.40. The molecule has 19 heavy (non-hydrogen) atoms. The first-order chi connectivity index (χ1) is 9.13. The Morgan fingerprint density at radius 1 is 1.26 bits per heavy atom. The van der Waals surface area contributed by atoms with Gasteiger partial charge in [0.25, 0.3) is 0 Å². The monoisotopic (exact) mass is 266 g/mol. The van der Waals surface area contributed by atoms with Crippen molar-refractivity contribution in [2.75, 3.05) is 26.2 Å². The largest absolute Gasteiger partial charge is 0.491 e. The Labute approximate surface area is 114 Å². The van der Waals surface area contributed by atoms with Gasteiger partial charge in [-0.1, -0.05) is 18.2 Å². The van der Waals surface area contributed by atoms with Crippen molar-refractivity contribution < 1.29 is 19.5 Å². The third-order valence-electron chi connectivity index (χ3n) is 3.33. The van der Waals surface area contributed by atoms with Gasteiger partial charge in [-0.3, -0.25) is 0 Å². The standard InChI is InChI=1S/C15H23NO3/c1-12-8-16(9-13(2)19-12)10-14(17)11-18-15-6-4-3-5-7-15/h3-7,12-14,17H,8-11H2,1-2H3/p+1/t12-,13-,14+/m1/s1. The van der Waals surface area contributed by atoms with Crippen LogP contribution in [0.5, 0.6) is 5.75 Å². The Bertz CT molecular complexity index is 361. The van der Waals surface area contributed by atoms with Crippen molar-refractivity contribution in [2.45, 2.75) is 32.2 Å². The van der Waals surface area contributed by atoms with Crippen molar-refractivity contribution in [2.24, 2.45) is 0 Å². The summed E-state index contributed by atoms with van der Waals surface area (Å²) in [7, 11) is 0. The number of hydrogen-bond acceptors (Lipinski definition) is 3. The number of nitrogens with one attached hydrogen (secondary N) is 1. The Morgan fingerprint density at radius 2 is 1.89 bits per heavy atom. The minimum atomic E-state index is -0.437. The SMILES string of the molecule is C[C@@H]1C[NH+](C[C@H](O)COc2ccccc2)C[C@@H](C)O1. The molecule has 0 aliphatic carbocycles. The molecule has 0 radical (unpaired) electrons. The zero-order valence-corrected chi connectivity index (χ0v) is 11.7. The summed E-state index contributed by atoms with van der Waals surface area (Å²) in [6, 6.07) is 9.61. The maximum Gasteiger partial charge on any atom is 0.137 e. The number of para-hydroxylation sites is 1. The second kappa shape index (κ2) is 6.89. The lowest BCUT2D eigenvalue weighted by Gasteiger charge is -2.33. The zero-order valence-electron chi connectivity index (χ0n) is 11.7. The Morgan fingerprint density at radius 3 is 2.53 bits per heavy atom. The van der Waals surface area contributed by atoms with Gasteiger partial charge in [-0.15, -0.1) is 0 Å². The van der Waals surface area contributed by atoms with E-state index in [0.29, 0.717) is 13.2 Å². The fourth-order valence-corrected chi connectivity index (χ4v) is 2.66. The molecule has 0 spiro atoms. The van der Waals surface area contributed by atoms with E-state index in [1.807, 2.05) is 30.3 Å². The van der Waals surface area contributed by atoms with E-state index < -0.39 is 6.10 Å². The van der Waals surface area contributed by atoms with Crippen molar-refractivity contribution >= 4 is 0 Å². The van der Waals surface area contributed by atoms with Crippen LogP contribution in [-0.2, 0) is 4.74 Å². The molecule has 2 N–H and O–H groups in total. The van der Waals surface area contributed by atoms with E-state index in [4.69, 9.17) is 9.47 Å². The molecule has 4 nitrogen and oxygen atoms in total. The predicted molar refractivity (Wildman–Crippen MR) is 73.5 cm³/mol. The highest BCUT2D eigenvalue weighted by atomic mass is 16.5. The van der Waals surface area contributed by atoms with Crippen LogP contribution in [0.15, 0.2) is 30.3 Å². The normalized spacial score (nSPS) is 28.9. The summed E-state index contributed by atoms with van der Waals surface area (Å²) in [6.07, 6.45) is 0.0923. The fraction of sp³-hybridized carbons (Fsp3) is 0.600. The van der Waals surface area contributed by atoms with Crippen LogP contribution in [0.1, 0.15) is 13.8 Å². The number of rotatable bonds is 5. The molecule has 1 heterocycles. The number of hydrogen-bond donors (Lipinski definition) is 2. The quantitative estimate of drug-likeness (QED) is 0.795. The van der Waals surface area contributed by atoms with Gasteiger partial charge in [-0.2, -0.15) is 0 Å². The first-order valence-electron chi connectivity index (χ1n) is 6.98. The molecule has 2 rings (SSSR count). The van der Waals surface area contributed by atoms with Crippen molar-refractivity contribution in [1.29, 1.82) is 0 Å². The molecule has 106 valence electrons. The number of aliphatic hydroxyl groups is 1. The molecular formula is C15H24NO3+. The molecule has 1 aromatic carbocycles. The summed E-state index contributed by atoms with van der Waals surface area (Å²) < 4.78 is 11.3. The molecule has 0 saturated carbocycles. The van der Waals surface area contributed by atoms with Crippen molar-refractivity contribution in [1.82, 2.24) is 0 Å². The average Bonchev–Trinajstić information content (AvgIpc) is 2.36. The molecule has 1 saturated heterocycles. The van der Waals surface area contributed by atoms with E-state index in [-0.39, 0.29) is 12.2 Å². The predicted octanol–water partition coefficient (Wildman–Crippen LogP) is 0.118. The van der Waals surface area contributed by atoms with Crippen LogP contribution in [0.3, 0.4) is 0 Å². The van der Waals surface area contributed by atoms with Crippen LogP contribution in [0.25, 0.3) is 0 Å². The molecular weight excluding hydrogens is 242 g/mol. The fourth-order valence-electron chi connectivity index (χ4n) is 2.66. The summed E-state index contributed by atoms with van der Waals surface area (Å²) in [5.41, 5.74) is 0. The lowest BCUT2D eigenvalue weighted by Crippen LogP contribution is -3.16. The van der Waals surface area contributed by atoms with Gasteiger partial charge in [0, 0.05) is 0 Å². The highest BCUT2D eigenvalue weighted by molar-refractivity contribution is 5.20. The van der Waals surface area contributed by atoms with E-state index in [9.17, 15) is 5.11 Å². The summed E-state index contributed by atoms with van der Waals surface area (Å²) in [4.78, 5) is 1.38. The minimum absolute atomic E-state index is 0.265. The van der Waals surface area contributed by atoms with Crippen LogP contribution in [0.2, 0.25) is 0 Å². The van der Waals surface area contributed by atoms with Crippen LogP contribution >= 0.6 is 0 Å². The van der Waals surface area contributed by atoms with Gasteiger partial charge in [0.1, 0.15) is 50.3 Å². The number of quaternary nitrogens is 1. The van der Waals surface area contributed by atoms with Gasteiger partial charge >= 0.3 is 0 Å². The van der Waals surface area contributed by atoms with E-state index in [2.05, 4.69) is 13.8 Å². The third-order valence-corrected chi connectivity index (χ3v) is 3.33. The lowest BCUT2D eigenvalue weighted by atomic mass is 10.2. The van der Waals surface area contributed by atoms with Crippen LogP contribution in [-0.4, -0.2) is 49.7 Å². The Hall–Kier alpha value is -1.10. The number of ether oxygens (including phenoxy) is 2. The van der Waals surface area contributed by atoms with Crippen molar-refractivity contribution in [3.05, 3.63) is 30.3 Å². The van der Waals surface area contributed by atoms with Gasteiger partial charge in [-0.05, 0) is 26.0 Å². The van der Waals surface area contributed by atoms with Gasteiger partial charge in [0.05, 0.1) is 0 Å². The lowest BCUT2D eigenvalue weighted by molar-refractivity contribution is -0.918. The van der Waals surface area contributed by atoms with E-state index in [1.54, 1.807) is 0 Å². The summed E-state index contributed by atoms with van der Waals surface area (Å²) in [6.45, 7) is 7.13. The van der Waals surface area contributed by atoms with Gasteiger partial charge < -0.3 is 19.5 Å². The van der Waals surface area contributed by atoms with E-state index in [0.717, 1.165) is 18.8 Å². The topological polar surface area (TPSA) is 43.1 Å². The molecule has 1 fully saturated rings. The smallest absolute Gasteiger partial charge is 0.137 e. The first kappa shape index (κ1) is 14.3. The molecule has 4 heteroatoms. The van der Waals surface area contributed by atoms with E-state index >= 15 is 0 Å². The highest BCUT2D eigenvalue weighted by Crippen LogP contribution is 2.08. The Kier molecular flexibility index (Phi) is 5.19. The molecule has 1 aliphatic heterocycles. The summed E-state index contributed by atoms with van der Waals surface area (Å²) in [5.74, 6) is 0.806. The number of aliphatic hydroxyl groups excluding tert-OH is 1. The number of morpholine rings is 1. The van der Waals surface area contributed by atoms with Gasteiger partial charge in [-0.25, -0.2) is 0 Å².